The van der Waals surface area contributed by atoms with E-state index in [9.17, 15) is 0 Å². The van der Waals surface area contributed by atoms with E-state index in [2.05, 4.69) is 52.5 Å². The molecule has 108 valence electrons. The maximum absolute atomic E-state index is 3.62. The number of hydrogen-bond donors (Lipinski definition) is 0. The van der Waals surface area contributed by atoms with Crippen molar-refractivity contribution >= 4 is 26.8 Å². The van der Waals surface area contributed by atoms with Gasteiger partial charge in [0.25, 0.3) is 0 Å². The van der Waals surface area contributed by atoms with Crippen molar-refractivity contribution in [2.75, 3.05) is 5.33 Å². The summed E-state index contributed by atoms with van der Waals surface area (Å²) in [6, 6.07) is 7.61. The molecule has 0 amide bonds. The Balaban J connectivity index is 2.16. The molecule has 0 fully saturated rings. The highest BCUT2D eigenvalue weighted by Crippen LogP contribution is 2.39. The van der Waals surface area contributed by atoms with Gasteiger partial charge in [-0.05, 0) is 43.7 Å². The zero-order valence-electron chi connectivity index (χ0n) is 12.6. The molecule has 1 atom stereocenters. The second-order valence-electron chi connectivity index (χ2n) is 6.02. The predicted molar refractivity (Wildman–Crippen MR) is 91.1 cm³/mol. The van der Waals surface area contributed by atoms with E-state index in [1.165, 1.54) is 48.7 Å². The Labute approximate surface area is 130 Å². The third-order valence-electron chi connectivity index (χ3n) is 4.83. The summed E-state index contributed by atoms with van der Waals surface area (Å²) in [4.78, 5) is 0. The first-order chi connectivity index (χ1) is 9.77. The minimum atomic E-state index is 0.719. The Morgan fingerprint density at radius 2 is 2.20 bits per heavy atom. The van der Waals surface area contributed by atoms with Crippen molar-refractivity contribution in [3.05, 3.63) is 35.0 Å². The highest BCUT2D eigenvalue weighted by Gasteiger charge is 2.25. The fourth-order valence-corrected chi connectivity index (χ4v) is 4.26. The molecule has 2 heteroatoms. The Hall–Kier alpha value is -0.760. The lowest BCUT2D eigenvalue weighted by Crippen LogP contribution is -2.17. The molecular weight excluding hydrogens is 310 g/mol. The minimum Gasteiger partial charge on any atom is -0.341 e. The summed E-state index contributed by atoms with van der Waals surface area (Å²) in [5, 5.41) is 2.55. The van der Waals surface area contributed by atoms with Crippen LogP contribution in [0.1, 0.15) is 55.5 Å². The van der Waals surface area contributed by atoms with Crippen LogP contribution in [0.4, 0.5) is 0 Å². The van der Waals surface area contributed by atoms with E-state index in [4.69, 9.17) is 0 Å². The summed E-state index contributed by atoms with van der Waals surface area (Å²) >= 11 is 3.62. The molecule has 0 aliphatic carbocycles. The van der Waals surface area contributed by atoms with Crippen LogP contribution >= 0.6 is 15.9 Å². The van der Waals surface area contributed by atoms with Crippen LogP contribution in [0.25, 0.3) is 10.9 Å². The maximum atomic E-state index is 3.62. The molecule has 0 radical (unpaired) electrons. The largest absolute Gasteiger partial charge is 0.341 e. The number of nitrogens with zero attached hydrogens (tertiary/aromatic N) is 1. The zero-order chi connectivity index (χ0) is 14.1. The van der Waals surface area contributed by atoms with Gasteiger partial charge in [-0.15, -0.1) is 0 Å². The number of aromatic nitrogens is 1. The van der Waals surface area contributed by atoms with Crippen LogP contribution in [0.2, 0.25) is 0 Å². The minimum absolute atomic E-state index is 0.719. The van der Waals surface area contributed by atoms with Gasteiger partial charge in [0.05, 0.1) is 5.52 Å². The van der Waals surface area contributed by atoms with Crippen molar-refractivity contribution in [1.29, 1.82) is 0 Å². The smallest absolute Gasteiger partial charge is 0.0520 e. The lowest BCUT2D eigenvalue weighted by atomic mass is 9.95. The van der Waals surface area contributed by atoms with Crippen LogP contribution in [0.3, 0.4) is 0 Å². The van der Waals surface area contributed by atoms with Gasteiger partial charge in [0.2, 0.25) is 0 Å². The summed E-state index contributed by atoms with van der Waals surface area (Å²) in [5.41, 5.74) is 6.15. The van der Waals surface area contributed by atoms with E-state index in [0.717, 1.165) is 17.8 Å². The molecule has 3 rings (SSSR count). The summed E-state index contributed by atoms with van der Waals surface area (Å²) < 4.78 is 2.67. The van der Waals surface area contributed by atoms with Crippen LogP contribution in [0.5, 0.6) is 0 Å². The van der Waals surface area contributed by atoms with Crippen LogP contribution in [0, 0.1) is 6.92 Å². The number of rotatable bonds is 5. The average molecular weight is 334 g/mol. The molecule has 1 aromatic carbocycles. The summed E-state index contributed by atoms with van der Waals surface area (Å²) in [6.07, 6.45) is 7.69. The molecule has 2 aromatic rings. The molecule has 0 N–H and O–H groups in total. The fraction of sp³-hybridized carbons (Fsp3) is 0.556. The molecule has 2 heterocycles. The lowest BCUT2D eigenvalue weighted by Gasteiger charge is -2.27. The Kier molecular flexibility index (Phi) is 4.21. The first-order valence-electron chi connectivity index (χ1n) is 7.95. The van der Waals surface area contributed by atoms with Gasteiger partial charge < -0.3 is 4.57 Å². The number of alkyl halides is 1. The first-order valence-corrected chi connectivity index (χ1v) is 9.07. The molecule has 1 aliphatic rings. The molecule has 0 spiro atoms. The molecule has 1 aliphatic heterocycles. The van der Waals surface area contributed by atoms with E-state index in [1.54, 1.807) is 11.1 Å². The number of unbranched alkanes of at least 4 members (excludes halogenated alkanes) is 1. The average Bonchev–Trinajstić information content (AvgIpc) is 2.75. The summed E-state index contributed by atoms with van der Waals surface area (Å²) in [6.45, 7) is 4.62. The molecule has 1 nitrogen and oxygen atoms in total. The Bertz CT molecular complexity index is 611. The summed E-state index contributed by atoms with van der Waals surface area (Å²) in [5.74, 6) is 0. The number of aryl methyl sites for hydroxylation is 2. The molecule has 20 heavy (non-hydrogen) atoms. The van der Waals surface area contributed by atoms with Crippen molar-refractivity contribution in [3.8, 4) is 0 Å². The number of benzene rings is 1. The molecule has 0 saturated heterocycles. The zero-order valence-corrected chi connectivity index (χ0v) is 14.2. The van der Waals surface area contributed by atoms with E-state index in [0.29, 0.717) is 0 Å². The van der Waals surface area contributed by atoms with Gasteiger partial charge in [0, 0.05) is 22.5 Å². The molecular formula is C18H24BrN. The van der Waals surface area contributed by atoms with E-state index < -0.39 is 0 Å². The van der Waals surface area contributed by atoms with Crippen LogP contribution < -0.4 is 0 Å². The lowest BCUT2D eigenvalue weighted by molar-refractivity contribution is 0.413. The van der Waals surface area contributed by atoms with Crippen LogP contribution in [-0.4, -0.2) is 9.90 Å². The quantitative estimate of drug-likeness (QED) is 0.631. The van der Waals surface area contributed by atoms with Crippen LogP contribution in [-0.2, 0) is 12.8 Å². The van der Waals surface area contributed by atoms with E-state index >= 15 is 0 Å². The third-order valence-corrected chi connectivity index (χ3v) is 5.23. The predicted octanol–water partition coefficient (Wildman–Crippen LogP) is 5.56. The molecule has 1 aromatic heterocycles. The normalized spacial score (nSPS) is 17.9. The number of hydrogen-bond acceptors (Lipinski definition) is 0. The second kappa shape index (κ2) is 5.93. The van der Waals surface area contributed by atoms with E-state index in [-0.39, 0.29) is 0 Å². The standard InChI is InChI=1S/C18H24BrN/c1-3-4-7-15-10-9-14-6-5-8-17-16(11-12-19)13(2)20(15)18(14)17/h5-6,8,15H,3-4,7,9-12H2,1-2H3. The van der Waals surface area contributed by atoms with Crippen molar-refractivity contribution in [1.82, 2.24) is 4.57 Å². The SMILES string of the molecule is CCCCC1CCc2cccc3c(CCBr)c(C)n1c23. The van der Waals surface area contributed by atoms with Gasteiger partial charge in [-0.2, -0.15) is 0 Å². The van der Waals surface area contributed by atoms with Crippen molar-refractivity contribution in [2.24, 2.45) is 0 Å². The number of halogens is 1. The second-order valence-corrected chi connectivity index (χ2v) is 6.81. The van der Waals surface area contributed by atoms with Gasteiger partial charge >= 0.3 is 0 Å². The molecule has 0 bridgehead atoms. The Morgan fingerprint density at radius 3 is 2.95 bits per heavy atom. The van der Waals surface area contributed by atoms with Gasteiger partial charge in [-0.3, -0.25) is 0 Å². The molecule has 0 saturated carbocycles. The monoisotopic (exact) mass is 333 g/mol. The van der Waals surface area contributed by atoms with Gasteiger partial charge in [0.1, 0.15) is 0 Å². The first kappa shape index (κ1) is 14.2. The third kappa shape index (κ3) is 2.22. The van der Waals surface area contributed by atoms with Gasteiger partial charge in [-0.25, -0.2) is 0 Å². The maximum Gasteiger partial charge on any atom is 0.0520 e. The van der Waals surface area contributed by atoms with Crippen LogP contribution in [0.15, 0.2) is 18.2 Å². The van der Waals surface area contributed by atoms with Gasteiger partial charge in [-0.1, -0.05) is 53.9 Å². The number of para-hydroxylation sites is 1. The van der Waals surface area contributed by atoms with Gasteiger partial charge in [0.15, 0.2) is 0 Å². The summed E-state index contributed by atoms with van der Waals surface area (Å²) in [7, 11) is 0. The Morgan fingerprint density at radius 1 is 1.35 bits per heavy atom. The molecule has 1 unspecified atom stereocenters. The van der Waals surface area contributed by atoms with Crippen molar-refractivity contribution < 1.29 is 0 Å². The van der Waals surface area contributed by atoms with Crippen molar-refractivity contribution in [3.63, 3.8) is 0 Å². The topological polar surface area (TPSA) is 4.93 Å². The highest BCUT2D eigenvalue weighted by molar-refractivity contribution is 9.09. The van der Waals surface area contributed by atoms with E-state index in [1.807, 2.05) is 0 Å². The highest BCUT2D eigenvalue weighted by atomic mass is 79.9. The van der Waals surface area contributed by atoms with Crippen molar-refractivity contribution in [2.45, 2.75) is 58.4 Å². The fourth-order valence-electron chi connectivity index (χ4n) is 3.86.